The maximum Gasteiger partial charge on any atom is 0.253 e. The molecule has 0 aliphatic rings. The van der Waals surface area contributed by atoms with E-state index in [0.717, 1.165) is 5.01 Å². The molecule has 0 saturated carbocycles. The molecule has 0 radical (unpaired) electrons. The van der Waals surface area contributed by atoms with Crippen LogP contribution < -0.4 is 0 Å². The Morgan fingerprint density at radius 3 is 1.58 bits per heavy atom. The zero-order chi connectivity index (χ0) is 9.72. The maximum absolute atomic E-state index is 11.1. The van der Waals surface area contributed by atoms with Crippen LogP contribution in [0.1, 0.15) is 0 Å². The van der Waals surface area contributed by atoms with Gasteiger partial charge >= 0.3 is 0 Å². The highest BCUT2D eigenvalue weighted by Crippen LogP contribution is 1.97. The molecule has 0 saturated heterocycles. The molecule has 0 aromatic rings. The lowest BCUT2D eigenvalue weighted by molar-refractivity contribution is -0.156. The number of carbonyl (C=O) groups is 2. The van der Waals surface area contributed by atoms with Crippen molar-refractivity contribution >= 4 is 37.1 Å². The molecule has 0 aromatic carbocycles. The molecule has 70 valence electrons. The average molecular weight is 208 g/mol. The van der Waals surface area contributed by atoms with Gasteiger partial charge in [-0.2, -0.15) is 25.3 Å². The van der Waals surface area contributed by atoms with Crippen molar-refractivity contribution in [2.75, 3.05) is 25.6 Å². The van der Waals surface area contributed by atoms with Crippen LogP contribution in [0.15, 0.2) is 0 Å². The van der Waals surface area contributed by atoms with Crippen molar-refractivity contribution in [2.24, 2.45) is 0 Å². The van der Waals surface area contributed by atoms with Gasteiger partial charge in [0.25, 0.3) is 11.8 Å². The quantitative estimate of drug-likeness (QED) is 0.493. The second-order valence-corrected chi connectivity index (χ2v) is 2.90. The number of hydrogen-bond donors (Lipinski definition) is 2. The van der Waals surface area contributed by atoms with Crippen LogP contribution in [-0.4, -0.2) is 47.4 Å². The fourth-order valence-electron chi connectivity index (χ4n) is 0.719. The predicted molar refractivity (Wildman–Crippen MR) is 53.2 cm³/mol. The average Bonchev–Trinajstić information content (AvgIpc) is 2.03. The smallest absolute Gasteiger partial charge is 0.253 e. The summed E-state index contributed by atoms with van der Waals surface area (Å²) in [7, 11) is 3.23. The van der Waals surface area contributed by atoms with E-state index < -0.39 is 0 Å². The molecule has 0 atom stereocenters. The Labute approximate surface area is 82.7 Å². The van der Waals surface area contributed by atoms with Crippen molar-refractivity contribution in [3.63, 3.8) is 0 Å². The summed E-state index contributed by atoms with van der Waals surface area (Å²) in [6.45, 7) is 0. The highest BCUT2D eigenvalue weighted by molar-refractivity contribution is 7.81. The van der Waals surface area contributed by atoms with E-state index in [1.165, 1.54) is 5.01 Å². The Bertz CT molecular complexity index is 168. The van der Waals surface area contributed by atoms with Crippen molar-refractivity contribution in [1.82, 2.24) is 10.0 Å². The third-order valence-electron chi connectivity index (χ3n) is 1.14. The van der Waals surface area contributed by atoms with Crippen LogP contribution in [0.4, 0.5) is 0 Å². The largest absolute Gasteiger partial charge is 0.272 e. The van der Waals surface area contributed by atoms with Gasteiger partial charge in [-0.15, -0.1) is 0 Å². The first-order valence-electron chi connectivity index (χ1n) is 3.29. The first-order valence-corrected chi connectivity index (χ1v) is 4.55. The predicted octanol–water partition coefficient (Wildman–Crippen LogP) is -0.322. The summed E-state index contributed by atoms with van der Waals surface area (Å²) >= 11 is 7.58. The molecule has 0 rings (SSSR count). The highest BCUT2D eigenvalue weighted by atomic mass is 32.1. The fraction of sp³-hybridized carbons (Fsp3) is 0.667. The number of imide groups is 1. The Balaban J connectivity index is 4.43. The number of rotatable bonds is 3. The summed E-state index contributed by atoms with van der Waals surface area (Å²) in [4.78, 5) is 22.2. The van der Waals surface area contributed by atoms with E-state index in [2.05, 4.69) is 25.3 Å². The minimum absolute atomic E-state index is 0.0116. The van der Waals surface area contributed by atoms with Gasteiger partial charge in [0.15, 0.2) is 0 Å². The zero-order valence-corrected chi connectivity index (χ0v) is 8.81. The number of thiol groups is 2. The Hall–Kier alpha value is -0.200. The number of hydrazine groups is 1. The van der Waals surface area contributed by atoms with Crippen LogP contribution in [0, 0.1) is 0 Å². The van der Waals surface area contributed by atoms with E-state index in [4.69, 9.17) is 0 Å². The molecule has 4 nitrogen and oxygen atoms in total. The summed E-state index contributed by atoms with van der Waals surface area (Å²) in [5.41, 5.74) is 0. The fourth-order valence-corrected chi connectivity index (χ4v) is 0.987. The minimum Gasteiger partial charge on any atom is -0.272 e. The summed E-state index contributed by atoms with van der Waals surface area (Å²) in [6.07, 6.45) is 0. The normalized spacial score (nSPS) is 10.1. The monoisotopic (exact) mass is 208 g/mol. The second-order valence-electron chi connectivity index (χ2n) is 2.26. The lowest BCUT2D eigenvalue weighted by atomic mass is 10.5. The van der Waals surface area contributed by atoms with Gasteiger partial charge in [-0.25, -0.2) is 10.0 Å². The van der Waals surface area contributed by atoms with Gasteiger partial charge in [-0.1, -0.05) is 0 Å². The van der Waals surface area contributed by atoms with Crippen LogP contribution in [0.5, 0.6) is 0 Å². The number of carbonyl (C=O) groups excluding carboxylic acids is 2. The molecule has 0 heterocycles. The van der Waals surface area contributed by atoms with Crippen LogP contribution in [-0.2, 0) is 9.59 Å². The van der Waals surface area contributed by atoms with E-state index in [9.17, 15) is 9.59 Å². The Kier molecular flexibility index (Phi) is 5.36. The first kappa shape index (κ1) is 11.8. The van der Waals surface area contributed by atoms with Crippen LogP contribution in [0.25, 0.3) is 0 Å². The molecule has 0 aromatic heterocycles. The van der Waals surface area contributed by atoms with Gasteiger partial charge in [0.05, 0.1) is 11.5 Å². The van der Waals surface area contributed by atoms with Gasteiger partial charge in [0, 0.05) is 14.1 Å². The van der Waals surface area contributed by atoms with Crippen molar-refractivity contribution in [2.45, 2.75) is 0 Å². The van der Waals surface area contributed by atoms with Crippen LogP contribution in [0.2, 0.25) is 0 Å². The van der Waals surface area contributed by atoms with Gasteiger partial charge in [-0.3, -0.25) is 9.59 Å². The summed E-state index contributed by atoms with van der Waals surface area (Å²) in [5.74, 6) is -0.667. The van der Waals surface area contributed by atoms with Gasteiger partial charge in [-0.05, 0) is 0 Å². The lowest BCUT2D eigenvalue weighted by Gasteiger charge is -2.25. The molecule has 0 spiro atoms. The molecule has 12 heavy (non-hydrogen) atoms. The van der Waals surface area contributed by atoms with Crippen molar-refractivity contribution in [1.29, 1.82) is 0 Å². The van der Waals surface area contributed by atoms with Crippen LogP contribution >= 0.6 is 25.3 Å². The second kappa shape index (κ2) is 5.45. The molecule has 0 unspecified atom stereocenters. The van der Waals surface area contributed by atoms with E-state index in [-0.39, 0.29) is 23.3 Å². The molecule has 0 aliphatic heterocycles. The van der Waals surface area contributed by atoms with E-state index in [1.807, 2.05) is 0 Å². The summed E-state index contributed by atoms with van der Waals surface area (Å²) in [6, 6.07) is 0. The minimum atomic E-state index is -0.345. The number of nitrogens with zero attached hydrogens (tertiary/aromatic N) is 2. The first-order chi connectivity index (χ1) is 5.54. The van der Waals surface area contributed by atoms with E-state index in [0.29, 0.717) is 0 Å². The van der Waals surface area contributed by atoms with Gasteiger partial charge in [0.2, 0.25) is 0 Å². The SMILES string of the molecule is CN(C)N(C(=O)CS)C(=O)CS. The van der Waals surface area contributed by atoms with Crippen molar-refractivity contribution in [3.05, 3.63) is 0 Å². The molecule has 0 bridgehead atoms. The standard InChI is InChI=1S/C6H12N2O2S2/c1-7(2)8(5(9)3-11)6(10)4-12/h11-12H,3-4H2,1-2H3. The Morgan fingerprint density at radius 2 is 1.42 bits per heavy atom. The topological polar surface area (TPSA) is 40.6 Å². The molecule has 0 aliphatic carbocycles. The molecule has 2 amide bonds. The molecule has 0 fully saturated rings. The van der Waals surface area contributed by atoms with Crippen LogP contribution in [0.3, 0.4) is 0 Å². The van der Waals surface area contributed by atoms with Crippen molar-refractivity contribution in [3.8, 4) is 0 Å². The van der Waals surface area contributed by atoms with E-state index in [1.54, 1.807) is 14.1 Å². The molecule has 6 heteroatoms. The van der Waals surface area contributed by atoms with Crippen molar-refractivity contribution < 1.29 is 9.59 Å². The third kappa shape index (κ3) is 3.04. The molecular weight excluding hydrogens is 196 g/mol. The highest BCUT2D eigenvalue weighted by Gasteiger charge is 2.20. The summed E-state index contributed by atoms with van der Waals surface area (Å²) < 4.78 is 0. The van der Waals surface area contributed by atoms with E-state index >= 15 is 0 Å². The lowest BCUT2D eigenvalue weighted by Crippen LogP contribution is -2.47. The van der Waals surface area contributed by atoms with Gasteiger partial charge < -0.3 is 0 Å². The number of amides is 2. The summed E-state index contributed by atoms with van der Waals surface area (Å²) in [5, 5.41) is 2.43. The molecular formula is C6H12N2O2S2. The Morgan fingerprint density at radius 1 is 1.08 bits per heavy atom. The number of hydrogen-bond acceptors (Lipinski definition) is 5. The zero-order valence-electron chi connectivity index (χ0n) is 7.02. The maximum atomic E-state index is 11.1. The van der Waals surface area contributed by atoms with Gasteiger partial charge in [0.1, 0.15) is 0 Å². The third-order valence-corrected chi connectivity index (χ3v) is 1.68. The molecule has 0 N–H and O–H groups in total.